The second kappa shape index (κ2) is 4.05. The van der Waals surface area contributed by atoms with E-state index in [9.17, 15) is 9.50 Å². The molecule has 0 amide bonds. The van der Waals surface area contributed by atoms with Gasteiger partial charge in [0.25, 0.3) is 0 Å². The van der Waals surface area contributed by atoms with Crippen molar-refractivity contribution in [3.05, 3.63) is 42.2 Å². The highest BCUT2D eigenvalue weighted by molar-refractivity contribution is 5.31. The summed E-state index contributed by atoms with van der Waals surface area (Å²) in [4.78, 5) is 0. The zero-order chi connectivity index (χ0) is 9.84. The van der Waals surface area contributed by atoms with Gasteiger partial charge in [0, 0.05) is 11.6 Å². The van der Waals surface area contributed by atoms with E-state index in [0.29, 0.717) is 5.75 Å². The third-order valence-electron chi connectivity index (χ3n) is 1.75. The van der Waals surface area contributed by atoms with Gasteiger partial charge in [-0.3, -0.25) is 0 Å². The minimum Gasteiger partial charge on any atom is -0.497 e. The lowest BCUT2D eigenvalue weighted by Gasteiger charge is -2.07. The van der Waals surface area contributed by atoms with Crippen LogP contribution in [0, 0.1) is 5.82 Å². The molecule has 0 heterocycles. The molecule has 0 bridgehead atoms. The lowest BCUT2D eigenvalue weighted by atomic mass is 10.1. The number of halogens is 1. The Hall–Kier alpha value is -1.35. The number of aliphatic hydroxyl groups excluding tert-OH is 1. The van der Waals surface area contributed by atoms with Crippen LogP contribution in [0.25, 0.3) is 0 Å². The quantitative estimate of drug-likeness (QED) is 0.725. The first-order valence-corrected chi connectivity index (χ1v) is 3.83. The highest BCUT2D eigenvalue weighted by Gasteiger charge is 2.09. The van der Waals surface area contributed by atoms with E-state index in [1.54, 1.807) is 6.07 Å². The van der Waals surface area contributed by atoms with Gasteiger partial charge in [-0.1, -0.05) is 6.08 Å². The molecule has 1 aromatic rings. The van der Waals surface area contributed by atoms with Crippen molar-refractivity contribution in [3.63, 3.8) is 0 Å². The smallest absolute Gasteiger partial charge is 0.133 e. The van der Waals surface area contributed by atoms with Crippen LogP contribution >= 0.6 is 0 Å². The van der Waals surface area contributed by atoms with Gasteiger partial charge in [0.05, 0.1) is 13.2 Å². The van der Waals surface area contributed by atoms with Crippen molar-refractivity contribution in [2.24, 2.45) is 0 Å². The Morgan fingerprint density at radius 3 is 2.77 bits per heavy atom. The van der Waals surface area contributed by atoms with Crippen molar-refractivity contribution < 1.29 is 14.2 Å². The molecule has 1 aromatic carbocycles. The third kappa shape index (κ3) is 2.06. The molecule has 1 unspecified atom stereocenters. The van der Waals surface area contributed by atoms with E-state index in [2.05, 4.69) is 6.58 Å². The summed E-state index contributed by atoms with van der Waals surface area (Å²) in [5.74, 6) is -0.0655. The standard InChI is InChI=1S/C10H11FO2/c1-3-10(12)8-5-4-7(13-2)6-9(8)11/h3-6,10,12H,1H2,2H3. The summed E-state index contributed by atoms with van der Waals surface area (Å²) in [5, 5.41) is 9.27. The molecule has 0 aromatic heterocycles. The van der Waals surface area contributed by atoms with Gasteiger partial charge < -0.3 is 9.84 Å². The summed E-state index contributed by atoms with van der Waals surface area (Å²) in [5.41, 5.74) is 0.204. The number of ether oxygens (including phenoxy) is 1. The van der Waals surface area contributed by atoms with Crippen LogP contribution in [0.4, 0.5) is 4.39 Å². The monoisotopic (exact) mass is 182 g/mol. The average Bonchev–Trinajstić information content (AvgIpc) is 2.16. The largest absolute Gasteiger partial charge is 0.497 e. The Morgan fingerprint density at radius 1 is 1.62 bits per heavy atom. The molecule has 0 saturated heterocycles. The molecule has 1 N–H and O–H groups in total. The second-order valence-electron chi connectivity index (χ2n) is 2.57. The molecule has 2 nitrogen and oxygen atoms in total. The Labute approximate surface area is 76.3 Å². The fraction of sp³-hybridized carbons (Fsp3) is 0.200. The molecule has 0 radical (unpaired) electrons. The van der Waals surface area contributed by atoms with Crippen LogP contribution in [0.15, 0.2) is 30.9 Å². The van der Waals surface area contributed by atoms with E-state index < -0.39 is 11.9 Å². The maximum absolute atomic E-state index is 13.2. The maximum atomic E-state index is 13.2. The van der Waals surface area contributed by atoms with Crippen molar-refractivity contribution in [3.8, 4) is 5.75 Å². The number of aliphatic hydroxyl groups is 1. The van der Waals surface area contributed by atoms with Gasteiger partial charge in [-0.05, 0) is 12.1 Å². The van der Waals surface area contributed by atoms with Crippen molar-refractivity contribution in [1.82, 2.24) is 0 Å². The van der Waals surface area contributed by atoms with Crippen LogP contribution in [0.1, 0.15) is 11.7 Å². The first-order chi connectivity index (χ1) is 6.19. The lowest BCUT2D eigenvalue weighted by molar-refractivity contribution is 0.223. The van der Waals surface area contributed by atoms with Gasteiger partial charge in [0.1, 0.15) is 11.6 Å². The summed E-state index contributed by atoms with van der Waals surface area (Å²) in [6, 6.07) is 4.29. The number of methoxy groups -OCH3 is 1. The molecule has 1 atom stereocenters. The number of benzene rings is 1. The predicted octanol–water partition coefficient (Wildman–Crippen LogP) is 2.05. The predicted molar refractivity (Wildman–Crippen MR) is 48.1 cm³/mol. The molecule has 3 heteroatoms. The van der Waals surface area contributed by atoms with E-state index in [1.165, 1.54) is 25.3 Å². The van der Waals surface area contributed by atoms with Crippen molar-refractivity contribution >= 4 is 0 Å². The Balaban J connectivity index is 3.04. The summed E-state index contributed by atoms with van der Waals surface area (Å²) < 4.78 is 18.0. The van der Waals surface area contributed by atoms with Crippen LogP contribution in [-0.4, -0.2) is 12.2 Å². The van der Waals surface area contributed by atoms with Crippen LogP contribution in [-0.2, 0) is 0 Å². The summed E-state index contributed by atoms with van der Waals surface area (Å²) >= 11 is 0. The van der Waals surface area contributed by atoms with Gasteiger partial charge in [-0.15, -0.1) is 6.58 Å². The van der Waals surface area contributed by atoms with Gasteiger partial charge in [0.2, 0.25) is 0 Å². The van der Waals surface area contributed by atoms with Crippen LogP contribution in [0.3, 0.4) is 0 Å². The zero-order valence-electron chi connectivity index (χ0n) is 7.33. The highest BCUT2D eigenvalue weighted by Crippen LogP contribution is 2.22. The van der Waals surface area contributed by atoms with Gasteiger partial charge in [0.15, 0.2) is 0 Å². The summed E-state index contributed by atoms with van der Waals surface area (Å²) in [6.45, 7) is 3.37. The Kier molecular flexibility index (Phi) is 3.03. The minimum atomic E-state index is -0.967. The lowest BCUT2D eigenvalue weighted by Crippen LogP contribution is -1.97. The molecule has 0 aliphatic rings. The molecular formula is C10H11FO2. The first kappa shape index (κ1) is 9.74. The number of rotatable bonds is 3. The van der Waals surface area contributed by atoms with E-state index in [1.807, 2.05) is 0 Å². The molecular weight excluding hydrogens is 171 g/mol. The number of hydrogen-bond donors (Lipinski definition) is 1. The molecule has 13 heavy (non-hydrogen) atoms. The molecule has 0 aliphatic heterocycles. The van der Waals surface area contributed by atoms with Gasteiger partial charge in [-0.25, -0.2) is 4.39 Å². The first-order valence-electron chi connectivity index (χ1n) is 3.83. The van der Waals surface area contributed by atoms with Crippen LogP contribution in [0.2, 0.25) is 0 Å². The van der Waals surface area contributed by atoms with Crippen molar-refractivity contribution in [1.29, 1.82) is 0 Å². The van der Waals surface area contributed by atoms with E-state index in [0.717, 1.165) is 0 Å². The van der Waals surface area contributed by atoms with Crippen LogP contribution < -0.4 is 4.74 Å². The maximum Gasteiger partial charge on any atom is 0.133 e. The van der Waals surface area contributed by atoms with Gasteiger partial charge in [-0.2, -0.15) is 0 Å². The van der Waals surface area contributed by atoms with E-state index >= 15 is 0 Å². The van der Waals surface area contributed by atoms with Crippen molar-refractivity contribution in [2.75, 3.05) is 7.11 Å². The van der Waals surface area contributed by atoms with E-state index in [-0.39, 0.29) is 5.56 Å². The Bertz CT molecular complexity index is 310. The highest BCUT2D eigenvalue weighted by atomic mass is 19.1. The summed E-state index contributed by atoms with van der Waals surface area (Å²) in [7, 11) is 1.46. The topological polar surface area (TPSA) is 29.5 Å². The Morgan fingerprint density at radius 2 is 2.31 bits per heavy atom. The number of hydrogen-bond acceptors (Lipinski definition) is 2. The third-order valence-corrected chi connectivity index (χ3v) is 1.75. The molecule has 0 spiro atoms. The zero-order valence-corrected chi connectivity index (χ0v) is 7.33. The van der Waals surface area contributed by atoms with E-state index in [4.69, 9.17) is 4.74 Å². The normalized spacial score (nSPS) is 12.2. The molecule has 1 rings (SSSR count). The SMILES string of the molecule is C=CC(O)c1ccc(OC)cc1F. The van der Waals surface area contributed by atoms with Crippen LogP contribution in [0.5, 0.6) is 5.75 Å². The average molecular weight is 182 g/mol. The molecule has 0 saturated carbocycles. The molecule has 70 valence electrons. The fourth-order valence-corrected chi connectivity index (χ4v) is 1.00. The molecule has 0 fully saturated rings. The second-order valence-corrected chi connectivity index (χ2v) is 2.57. The summed E-state index contributed by atoms with van der Waals surface area (Å²) in [6.07, 6.45) is 0.302. The minimum absolute atomic E-state index is 0.204. The van der Waals surface area contributed by atoms with Crippen molar-refractivity contribution in [2.45, 2.75) is 6.10 Å². The molecule has 0 aliphatic carbocycles. The fourth-order valence-electron chi connectivity index (χ4n) is 1.00. The van der Waals surface area contributed by atoms with Gasteiger partial charge >= 0.3 is 0 Å².